The van der Waals surface area contributed by atoms with Crippen LogP contribution in [0.4, 0.5) is 11.4 Å². The van der Waals surface area contributed by atoms with Gasteiger partial charge in [0.2, 0.25) is 11.8 Å². The molecular formula is C28H17Cl4N3O5S2. The van der Waals surface area contributed by atoms with Gasteiger partial charge in [-0.2, -0.15) is 0 Å². The first-order valence-electron chi connectivity index (χ1n) is 12.3. The fourth-order valence-electron chi connectivity index (χ4n) is 5.00. The van der Waals surface area contributed by atoms with E-state index in [1.54, 1.807) is 54.6 Å². The van der Waals surface area contributed by atoms with Crippen LogP contribution >= 0.6 is 69.5 Å². The second-order valence-corrected chi connectivity index (χ2v) is 13.2. The number of carbonyl (C=O) groups is 3. The number of imide groups is 1. The zero-order chi connectivity index (χ0) is 29.7. The molecule has 214 valence electrons. The molecule has 3 aromatic carbocycles. The Morgan fingerprint density at radius 3 is 2.38 bits per heavy atom. The van der Waals surface area contributed by atoms with Gasteiger partial charge in [-0.3, -0.25) is 19.2 Å². The van der Waals surface area contributed by atoms with Gasteiger partial charge < -0.3 is 15.0 Å². The molecular weight excluding hydrogens is 664 g/mol. The Morgan fingerprint density at radius 1 is 0.905 bits per heavy atom. The molecule has 0 saturated carbocycles. The van der Waals surface area contributed by atoms with Crippen molar-refractivity contribution < 1.29 is 19.1 Å². The number of amides is 3. The summed E-state index contributed by atoms with van der Waals surface area (Å²) in [6.07, 6.45) is 0. The van der Waals surface area contributed by atoms with Crippen molar-refractivity contribution in [2.24, 2.45) is 5.92 Å². The van der Waals surface area contributed by atoms with Crippen LogP contribution in [-0.2, 0) is 14.4 Å². The van der Waals surface area contributed by atoms with E-state index in [0.29, 0.717) is 41.9 Å². The highest BCUT2D eigenvalue weighted by molar-refractivity contribution is 8.00. The second kappa shape index (κ2) is 11.6. The average Bonchev–Trinajstić information content (AvgIpc) is 3.44. The van der Waals surface area contributed by atoms with Crippen LogP contribution < -0.4 is 19.8 Å². The summed E-state index contributed by atoms with van der Waals surface area (Å²) >= 11 is 26.5. The Labute approximate surface area is 266 Å². The van der Waals surface area contributed by atoms with E-state index < -0.39 is 34.8 Å². The molecule has 0 spiro atoms. The minimum Gasteiger partial charge on any atom is -0.483 e. The number of rotatable bonds is 6. The minimum atomic E-state index is -0.872. The number of fused-ring (bicyclic) bond motifs is 2. The second-order valence-electron chi connectivity index (χ2n) is 9.39. The molecule has 4 aromatic rings. The molecule has 1 aromatic heterocycles. The third kappa shape index (κ3) is 5.43. The Hall–Kier alpha value is -2.99. The molecule has 2 aliphatic heterocycles. The van der Waals surface area contributed by atoms with E-state index in [-0.39, 0.29) is 22.3 Å². The molecule has 1 fully saturated rings. The highest BCUT2D eigenvalue weighted by atomic mass is 35.5. The maximum absolute atomic E-state index is 14.0. The van der Waals surface area contributed by atoms with Crippen molar-refractivity contribution in [3.05, 3.63) is 101 Å². The van der Waals surface area contributed by atoms with Crippen LogP contribution in [0.15, 0.2) is 70.5 Å². The molecule has 8 nitrogen and oxygen atoms in total. The fraction of sp³-hybridized carbons (Fsp3) is 0.143. The number of aromatic nitrogens is 1. The molecule has 1 saturated heterocycles. The van der Waals surface area contributed by atoms with Crippen LogP contribution in [0, 0.1) is 5.92 Å². The van der Waals surface area contributed by atoms with E-state index in [9.17, 15) is 19.2 Å². The van der Waals surface area contributed by atoms with Gasteiger partial charge in [-0.25, -0.2) is 4.90 Å². The smallest absolute Gasteiger partial charge is 0.305 e. The predicted octanol–water partition coefficient (Wildman–Crippen LogP) is 6.86. The number of H-pyrrole nitrogens is 1. The molecule has 6 rings (SSSR count). The quantitative estimate of drug-likeness (QED) is 0.215. The zero-order valence-corrected chi connectivity index (χ0v) is 25.7. The van der Waals surface area contributed by atoms with Crippen LogP contribution in [0.25, 0.3) is 0 Å². The van der Waals surface area contributed by atoms with E-state index in [4.69, 9.17) is 51.1 Å². The van der Waals surface area contributed by atoms with Crippen LogP contribution in [0.3, 0.4) is 0 Å². The molecule has 14 heteroatoms. The summed E-state index contributed by atoms with van der Waals surface area (Å²) in [4.78, 5) is 57.0. The highest BCUT2D eigenvalue weighted by Gasteiger charge is 2.56. The summed E-state index contributed by atoms with van der Waals surface area (Å²) < 4.78 is 5.95. The van der Waals surface area contributed by atoms with Crippen LogP contribution in [-0.4, -0.2) is 34.6 Å². The van der Waals surface area contributed by atoms with Gasteiger partial charge >= 0.3 is 4.87 Å². The number of nitrogens with one attached hydrogen (secondary N) is 2. The van der Waals surface area contributed by atoms with Crippen LogP contribution in [0.1, 0.15) is 16.4 Å². The van der Waals surface area contributed by atoms with Crippen molar-refractivity contribution in [3.8, 4) is 5.75 Å². The number of hydrogen-bond donors (Lipinski definition) is 2. The molecule has 3 atom stereocenters. The summed E-state index contributed by atoms with van der Waals surface area (Å²) in [5.74, 6) is -2.67. The van der Waals surface area contributed by atoms with Crippen LogP contribution in [0.5, 0.6) is 5.75 Å². The monoisotopic (exact) mass is 679 g/mol. The number of thiazole rings is 1. The van der Waals surface area contributed by atoms with E-state index in [1.165, 1.54) is 6.07 Å². The molecule has 2 aliphatic rings. The summed E-state index contributed by atoms with van der Waals surface area (Å²) in [5.41, 5.74) is 1.29. The number of thioether (sulfide) groups is 1. The van der Waals surface area contributed by atoms with Gasteiger partial charge in [0.05, 0.1) is 26.7 Å². The highest BCUT2D eigenvalue weighted by Crippen LogP contribution is 2.54. The third-order valence-electron chi connectivity index (χ3n) is 6.78. The van der Waals surface area contributed by atoms with E-state index in [2.05, 4.69) is 10.3 Å². The lowest BCUT2D eigenvalue weighted by Crippen LogP contribution is -2.32. The first-order chi connectivity index (χ1) is 20.1. The summed E-state index contributed by atoms with van der Waals surface area (Å²) in [7, 11) is 0. The SMILES string of the molecule is O=C(COc1ccc(Cl)cc1[C@H]1c2sc(=O)[nH]c2SC2C(=O)N(c3ccc(Cl)cc3)C(=O)C21)Nc1ccc(Cl)c(Cl)c1. The minimum absolute atomic E-state index is 0.274. The molecule has 3 amide bonds. The van der Waals surface area contributed by atoms with Crippen molar-refractivity contribution in [1.82, 2.24) is 4.98 Å². The molecule has 2 N–H and O–H groups in total. The number of nitrogens with zero attached hydrogens (tertiary/aromatic N) is 1. The number of anilines is 2. The van der Waals surface area contributed by atoms with Gasteiger partial charge in [-0.15, -0.1) is 0 Å². The standard InChI is InChI=1S/C28H17Cl4N3O5S2/c29-12-1-5-15(6-2-12)35-26(37)22-21(23-25(34-28(39)42-23)41-24(22)27(35)38)16-9-13(30)3-8-19(16)40-11-20(36)33-14-4-7-17(31)18(32)10-14/h1-10,21-22,24H,11H2,(H,33,36)(H,34,39)/t21-,22?,24?/m1/s1. The maximum atomic E-state index is 14.0. The van der Waals surface area contributed by atoms with Gasteiger partial charge in [0.15, 0.2) is 6.61 Å². The number of ether oxygens (including phenoxy) is 1. The van der Waals surface area contributed by atoms with Gasteiger partial charge in [-0.05, 0) is 60.7 Å². The zero-order valence-electron chi connectivity index (χ0n) is 21.0. The summed E-state index contributed by atoms with van der Waals surface area (Å²) in [5, 5.41) is 3.82. The van der Waals surface area contributed by atoms with Crippen LogP contribution in [0.2, 0.25) is 20.1 Å². The Bertz CT molecular complexity index is 1810. The topological polar surface area (TPSA) is 109 Å². The lowest BCUT2D eigenvalue weighted by molar-refractivity contribution is -0.122. The number of benzene rings is 3. The van der Waals surface area contributed by atoms with Crippen molar-refractivity contribution in [2.75, 3.05) is 16.8 Å². The molecule has 2 unspecified atom stereocenters. The van der Waals surface area contributed by atoms with E-state index >= 15 is 0 Å². The molecule has 3 heterocycles. The summed E-state index contributed by atoms with van der Waals surface area (Å²) in [6.45, 7) is -0.384. The maximum Gasteiger partial charge on any atom is 0.305 e. The lowest BCUT2D eigenvalue weighted by atomic mass is 9.82. The molecule has 0 aliphatic carbocycles. The Balaban J connectivity index is 1.35. The number of halogens is 4. The van der Waals surface area contributed by atoms with Crippen molar-refractivity contribution >= 4 is 98.6 Å². The first-order valence-corrected chi connectivity index (χ1v) is 15.5. The number of carbonyl (C=O) groups excluding carboxylic acids is 3. The molecule has 0 radical (unpaired) electrons. The normalized spacial score (nSPS) is 19.4. The Kier molecular flexibility index (Phi) is 8.03. The molecule has 0 bridgehead atoms. The van der Waals surface area contributed by atoms with Gasteiger partial charge in [0.25, 0.3) is 5.91 Å². The van der Waals surface area contributed by atoms with E-state index in [0.717, 1.165) is 28.0 Å². The van der Waals surface area contributed by atoms with Crippen molar-refractivity contribution in [3.63, 3.8) is 0 Å². The lowest BCUT2D eigenvalue weighted by Gasteiger charge is -2.31. The Morgan fingerprint density at radius 2 is 1.64 bits per heavy atom. The third-order valence-corrected chi connectivity index (χ3v) is 10.4. The number of aromatic amines is 1. The fourth-order valence-corrected chi connectivity index (χ4v) is 8.12. The predicted molar refractivity (Wildman–Crippen MR) is 166 cm³/mol. The van der Waals surface area contributed by atoms with E-state index in [1.807, 2.05) is 0 Å². The number of hydrogen-bond acceptors (Lipinski definition) is 7. The largest absolute Gasteiger partial charge is 0.483 e. The van der Waals surface area contributed by atoms with Crippen molar-refractivity contribution in [2.45, 2.75) is 16.2 Å². The average molecular weight is 681 g/mol. The first kappa shape index (κ1) is 29.1. The van der Waals surface area contributed by atoms with Crippen molar-refractivity contribution in [1.29, 1.82) is 0 Å². The van der Waals surface area contributed by atoms with Gasteiger partial charge in [-0.1, -0.05) is 69.5 Å². The van der Waals surface area contributed by atoms with Gasteiger partial charge in [0.1, 0.15) is 11.0 Å². The van der Waals surface area contributed by atoms with Gasteiger partial charge in [0, 0.05) is 32.1 Å². The summed E-state index contributed by atoms with van der Waals surface area (Å²) in [6, 6.07) is 15.9. The molecule has 42 heavy (non-hydrogen) atoms.